The fraction of sp³-hybridized carbons (Fsp3) is 0.118. The molecule has 3 rings (SSSR count). The summed E-state index contributed by atoms with van der Waals surface area (Å²) in [5, 5.41) is 11.1. The molecule has 0 aliphatic heterocycles. The van der Waals surface area contributed by atoms with Gasteiger partial charge in [0.1, 0.15) is 17.2 Å². The van der Waals surface area contributed by atoms with Crippen LogP contribution in [0.5, 0.6) is 17.2 Å². The van der Waals surface area contributed by atoms with Crippen LogP contribution in [0.4, 0.5) is 0 Å². The Labute approximate surface area is 126 Å². The average molecular weight is 297 g/mol. The molecule has 0 unspecified atom stereocenters. The molecular formula is C17H15NO4. The number of H-pyrrole nitrogens is 1. The Hall–Kier alpha value is -2.95. The predicted molar refractivity (Wildman–Crippen MR) is 84.8 cm³/mol. The molecule has 0 amide bonds. The van der Waals surface area contributed by atoms with Crippen LogP contribution in [-0.2, 0) is 0 Å². The lowest BCUT2D eigenvalue weighted by molar-refractivity contribution is 0.415. The van der Waals surface area contributed by atoms with Crippen molar-refractivity contribution in [1.82, 2.24) is 4.98 Å². The molecule has 0 saturated carbocycles. The second kappa shape index (κ2) is 5.44. The molecule has 2 N–H and O–H groups in total. The molecule has 0 bridgehead atoms. The van der Waals surface area contributed by atoms with Gasteiger partial charge in [-0.1, -0.05) is 18.2 Å². The number of pyridine rings is 1. The van der Waals surface area contributed by atoms with E-state index in [0.717, 1.165) is 0 Å². The zero-order chi connectivity index (χ0) is 15.7. The van der Waals surface area contributed by atoms with E-state index in [1.807, 2.05) is 0 Å². The number of aromatic nitrogens is 1. The summed E-state index contributed by atoms with van der Waals surface area (Å²) >= 11 is 0. The Morgan fingerprint density at radius 2 is 1.82 bits per heavy atom. The predicted octanol–water partition coefficient (Wildman–Crippen LogP) is 2.92. The third kappa shape index (κ3) is 2.16. The molecule has 0 radical (unpaired) electrons. The lowest BCUT2D eigenvalue weighted by Gasteiger charge is -2.11. The first-order valence-electron chi connectivity index (χ1n) is 6.72. The summed E-state index contributed by atoms with van der Waals surface area (Å²) in [6, 6.07) is 12.2. The van der Waals surface area contributed by atoms with Crippen LogP contribution in [0.15, 0.2) is 47.3 Å². The Kier molecular flexibility index (Phi) is 3.47. The first kappa shape index (κ1) is 14.0. The minimum atomic E-state index is -0.386. The molecule has 0 aliphatic carbocycles. The van der Waals surface area contributed by atoms with Gasteiger partial charge in [-0.05, 0) is 18.2 Å². The van der Waals surface area contributed by atoms with Gasteiger partial charge in [0.2, 0.25) is 0 Å². The maximum atomic E-state index is 12.4. The number of aromatic amines is 1. The maximum absolute atomic E-state index is 12.4. The highest BCUT2D eigenvalue weighted by Gasteiger charge is 2.17. The van der Waals surface area contributed by atoms with E-state index >= 15 is 0 Å². The summed E-state index contributed by atoms with van der Waals surface area (Å²) in [4.78, 5) is 15.2. The molecule has 2 aromatic carbocycles. The van der Waals surface area contributed by atoms with Crippen molar-refractivity contribution < 1.29 is 14.6 Å². The SMILES string of the molecule is COc1ccc2c(O)c(-c3ccccc3OC)c(=O)[nH]c2c1. The van der Waals surface area contributed by atoms with Crippen LogP contribution in [0.25, 0.3) is 22.0 Å². The fourth-order valence-electron chi connectivity index (χ4n) is 2.49. The summed E-state index contributed by atoms with van der Waals surface area (Å²) in [6.07, 6.45) is 0. The van der Waals surface area contributed by atoms with Crippen LogP contribution in [-0.4, -0.2) is 24.3 Å². The lowest BCUT2D eigenvalue weighted by Crippen LogP contribution is -2.10. The summed E-state index contributed by atoms with van der Waals surface area (Å²) in [5.41, 5.74) is 0.861. The quantitative estimate of drug-likeness (QED) is 0.779. The van der Waals surface area contributed by atoms with E-state index in [0.29, 0.717) is 28.0 Å². The number of rotatable bonds is 3. The van der Waals surface area contributed by atoms with Crippen LogP contribution in [0.1, 0.15) is 0 Å². The van der Waals surface area contributed by atoms with Crippen molar-refractivity contribution in [2.75, 3.05) is 14.2 Å². The third-order valence-corrected chi connectivity index (χ3v) is 3.57. The molecule has 1 aromatic heterocycles. The van der Waals surface area contributed by atoms with Gasteiger partial charge in [0.05, 0.1) is 25.3 Å². The lowest BCUT2D eigenvalue weighted by atomic mass is 10.0. The molecule has 0 spiro atoms. The van der Waals surface area contributed by atoms with E-state index in [9.17, 15) is 9.90 Å². The van der Waals surface area contributed by atoms with Crippen molar-refractivity contribution in [2.45, 2.75) is 0 Å². The Balaban J connectivity index is 2.34. The molecule has 3 aromatic rings. The minimum absolute atomic E-state index is 0.0779. The van der Waals surface area contributed by atoms with Gasteiger partial charge in [-0.25, -0.2) is 0 Å². The standard InChI is InChI=1S/C17H15NO4/c1-21-10-7-8-11-13(9-10)18-17(20)15(16(11)19)12-5-3-4-6-14(12)22-2/h3-9H,1-2H3,(H2,18,19,20). The Morgan fingerprint density at radius 1 is 1.05 bits per heavy atom. The monoisotopic (exact) mass is 297 g/mol. The Morgan fingerprint density at radius 3 is 2.55 bits per heavy atom. The first-order chi connectivity index (χ1) is 10.7. The molecule has 0 fully saturated rings. The number of hydrogen-bond acceptors (Lipinski definition) is 4. The largest absolute Gasteiger partial charge is 0.506 e. The maximum Gasteiger partial charge on any atom is 0.260 e. The van der Waals surface area contributed by atoms with Gasteiger partial charge in [0.15, 0.2) is 0 Å². The number of fused-ring (bicyclic) bond motifs is 1. The highest BCUT2D eigenvalue weighted by atomic mass is 16.5. The zero-order valence-electron chi connectivity index (χ0n) is 12.2. The van der Waals surface area contributed by atoms with E-state index in [4.69, 9.17) is 9.47 Å². The van der Waals surface area contributed by atoms with Gasteiger partial charge in [-0.15, -0.1) is 0 Å². The number of ether oxygens (including phenoxy) is 2. The minimum Gasteiger partial charge on any atom is -0.506 e. The molecule has 22 heavy (non-hydrogen) atoms. The zero-order valence-corrected chi connectivity index (χ0v) is 12.2. The van der Waals surface area contributed by atoms with Crippen molar-refractivity contribution in [3.63, 3.8) is 0 Å². The number of methoxy groups -OCH3 is 2. The number of para-hydroxylation sites is 1. The molecular weight excluding hydrogens is 282 g/mol. The average Bonchev–Trinajstić information content (AvgIpc) is 2.54. The Bertz CT molecular complexity index is 899. The summed E-state index contributed by atoms with van der Waals surface area (Å²) in [5.74, 6) is 1.05. The summed E-state index contributed by atoms with van der Waals surface area (Å²) in [6.45, 7) is 0. The molecule has 0 aliphatic rings. The summed E-state index contributed by atoms with van der Waals surface area (Å²) in [7, 11) is 3.07. The van der Waals surface area contributed by atoms with Gasteiger partial charge in [0.25, 0.3) is 5.56 Å². The second-order valence-corrected chi connectivity index (χ2v) is 4.79. The van der Waals surface area contributed by atoms with Crippen LogP contribution in [0, 0.1) is 0 Å². The molecule has 1 heterocycles. The second-order valence-electron chi connectivity index (χ2n) is 4.79. The first-order valence-corrected chi connectivity index (χ1v) is 6.72. The number of nitrogens with one attached hydrogen (secondary N) is 1. The number of benzene rings is 2. The molecule has 112 valence electrons. The van der Waals surface area contributed by atoms with Crippen molar-refractivity contribution in [3.05, 3.63) is 52.8 Å². The van der Waals surface area contributed by atoms with E-state index in [2.05, 4.69) is 4.98 Å². The fourth-order valence-corrected chi connectivity index (χ4v) is 2.49. The van der Waals surface area contributed by atoms with E-state index in [1.54, 1.807) is 49.6 Å². The van der Waals surface area contributed by atoms with Gasteiger partial charge in [-0.2, -0.15) is 0 Å². The molecule has 0 saturated heterocycles. The van der Waals surface area contributed by atoms with Crippen LogP contribution >= 0.6 is 0 Å². The van der Waals surface area contributed by atoms with E-state index < -0.39 is 0 Å². The third-order valence-electron chi connectivity index (χ3n) is 3.57. The smallest absolute Gasteiger partial charge is 0.260 e. The van der Waals surface area contributed by atoms with Gasteiger partial charge in [-0.3, -0.25) is 4.79 Å². The van der Waals surface area contributed by atoms with E-state index in [1.165, 1.54) is 7.11 Å². The topological polar surface area (TPSA) is 71.5 Å². The van der Waals surface area contributed by atoms with Crippen LogP contribution in [0.3, 0.4) is 0 Å². The molecule has 0 atom stereocenters. The molecule has 5 nitrogen and oxygen atoms in total. The molecule has 5 heteroatoms. The normalized spacial score (nSPS) is 10.6. The van der Waals surface area contributed by atoms with Gasteiger partial charge < -0.3 is 19.6 Å². The van der Waals surface area contributed by atoms with Crippen LogP contribution in [0.2, 0.25) is 0 Å². The number of aromatic hydroxyl groups is 1. The van der Waals surface area contributed by atoms with Crippen LogP contribution < -0.4 is 15.0 Å². The van der Waals surface area contributed by atoms with Gasteiger partial charge >= 0.3 is 0 Å². The van der Waals surface area contributed by atoms with Crippen molar-refractivity contribution in [3.8, 4) is 28.4 Å². The highest BCUT2D eigenvalue weighted by Crippen LogP contribution is 2.37. The summed E-state index contributed by atoms with van der Waals surface area (Å²) < 4.78 is 10.4. The van der Waals surface area contributed by atoms with Crippen molar-refractivity contribution >= 4 is 10.9 Å². The van der Waals surface area contributed by atoms with Gasteiger partial charge in [0, 0.05) is 17.0 Å². The number of hydrogen-bond donors (Lipinski definition) is 2. The van der Waals surface area contributed by atoms with E-state index in [-0.39, 0.29) is 16.9 Å². The van der Waals surface area contributed by atoms with Crippen molar-refractivity contribution in [2.24, 2.45) is 0 Å². The highest BCUT2D eigenvalue weighted by molar-refractivity contribution is 5.93. The van der Waals surface area contributed by atoms with Crippen molar-refractivity contribution in [1.29, 1.82) is 0 Å².